The minimum absolute atomic E-state index is 0. The summed E-state index contributed by atoms with van der Waals surface area (Å²) in [5.74, 6) is 2.38. The van der Waals surface area contributed by atoms with E-state index in [2.05, 4.69) is 15.9 Å². The molecule has 1 aliphatic heterocycles. The molecule has 0 unspecified atom stereocenters. The third kappa shape index (κ3) is 6.91. The van der Waals surface area contributed by atoms with Crippen LogP contribution in [-0.4, -0.2) is 63.4 Å². The summed E-state index contributed by atoms with van der Waals surface area (Å²) in [5, 5.41) is 1.20. The highest BCUT2D eigenvalue weighted by Gasteiger charge is 2.17. The standard InChI is InChI=1S/C29H32N2O5.2ClH/c1-33-22-5-7-23(8-6-22)35-17-3-12-30-13-15-31(16-14-30)20-21-4-11-27-26(18-21)29(32)25-10-9-24(34-2)19-28(25)36-27;;/h4-11,18-19H,3,12-17,20H2,1-2H3;2*1H. The summed E-state index contributed by atoms with van der Waals surface area (Å²) in [6, 6.07) is 19.0. The van der Waals surface area contributed by atoms with E-state index in [1.54, 1.807) is 32.4 Å². The first-order chi connectivity index (χ1) is 17.6. The molecule has 0 aliphatic carbocycles. The Labute approximate surface area is 235 Å². The number of methoxy groups -OCH3 is 2. The summed E-state index contributed by atoms with van der Waals surface area (Å²) in [6.45, 7) is 6.62. The van der Waals surface area contributed by atoms with Gasteiger partial charge in [-0.1, -0.05) is 6.07 Å². The smallest absolute Gasteiger partial charge is 0.200 e. The molecule has 1 saturated heterocycles. The van der Waals surface area contributed by atoms with Gasteiger partial charge in [0.15, 0.2) is 0 Å². The van der Waals surface area contributed by atoms with Gasteiger partial charge in [-0.3, -0.25) is 9.69 Å². The molecule has 204 valence electrons. The molecular formula is C29H34Cl2N2O5. The maximum atomic E-state index is 13.1. The van der Waals surface area contributed by atoms with E-state index < -0.39 is 0 Å². The van der Waals surface area contributed by atoms with Gasteiger partial charge in [0.05, 0.1) is 31.6 Å². The first-order valence-corrected chi connectivity index (χ1v) is 12.4. The largest absolute Gasteiger partial charge is 0.497 e. The second-order valence-corrected chi connectivity index (χ2v) is 9.12. The van der Waals surface area contributed by atoms with Gasteiger partial charge >= 0.3 is 0 Å². The maximum Gasteiger partial charge on any atom is 0.200 e. The summed E-state index contributed by atoms with van der Waals surface area (Å²) in [4.78, 5) is 18.0. The van der Waals surface area contributed by atoms with Gasteiger partial charge in [-0.25, -0.2) is 0 Å². The second kappa shape index (κ2) is 13.7. The Morgan fingerprint density at radius 2 is 1.39 bits per heavy atom. The number of hydrogen-bond donors (Lipinski definition) is 0. The molecule has 5 rings (SSSR count). The topological polar surface area (TPSA) is 64.4 Å². The Bertz CT molecular complexity index is 1390. The Morgan fingerprint density at radius 3 is 2.11 bits per heavy atom. The molecule has 0 spiro atoms. The number of benzene rings is 3. The molecule has 0 amide bonds. The van der Waals surface area contributed by atoms with Gasteiger partial charge in [0.25, 0.3) is 0 Å². The molecule has 0 radical (unpaired) electrons. The molecule has 0 N–H and O–H groups in total. The van der Waals surface area contributed by atoms with Gasteiger partial charge in [0, 0.05) is 45.3 Å². The van der Waals surface area contributed by atoms with Gasteiger partial charge < -0.3 is 23.5 Å². The van der Waals surface area contributed by atoms with Gasteiger partial charge in [-0.2, -0.15) is 0 Å². The van der Waals surface area contributed by atoms with Crippen molar-refractivity contribution in [1.82, 2.24) is 9.80 Å². The zero-order chi connectivity index (χ0) is 24.9. The van der Waals surface area contributed by atoms with E-state index in [4.69, 9.17) is 18.6 Å². The van der Waals surface area contributed by atoms with Crippen LogP contribution >= 0.6 is 24.8 Å². The Balaban J connectivity index is 0.00000200. The Hall–Kier alpha value is -2.97. The van der Waals surface area contributed by atoms with E-state index in [1.165, 1.54) is 0 Å². The van der Waals surface area contributed by atoms with Crippen molar-refractivity contribution in [2.45, 2.75) is 13.0 Å². The summed E-state index contributed by atoms with van der Waals surface area (Å²) < 4.78 is 22.3. The zero-order valence-corrected chi connectivity index (χ0v) is 23.3. The number of hydrogen-bond acceptors (Lipinski definition) is 7. The molecule has 0 atom stereocenters. The number of ether oxygens (including phenoxy) is 3. The highest BCUT2D eigenvalue weighted by molar-refractivity contribution is 5.90. The van der Waals surface area contributed by atoms with Crippen LogP contribution in [0, 0.1) is 0 Å². The van der Waals surface area contributed by atoms with Gasteiger partial charge in [-0.05, 0) is 60.5 Å². The van der Waals surface area contributed by atoms with E-state index in [1.807, 2.05) is 36.4 Å². The predicted octanol–water partition coefficient (Wildman–Crippen LogP) is 5.39. The lowest BCUT2D eigenvalue weighted by atomic mass is 10.1. The van der Waals surface area contributed by atoms with Crippen LogP contribution in [0.5, 0.6) is 17.2 Å². The minimum Gasteiger partial charge on any atom is -0.497 e. The summed E-state index contributed by atoms with van der Waals surface area (Å²) in [7, 11) is 3.26. The molecule has 4 aromatic rings. The van der Waals surface area contributed by atoms with E-state index in [0.717, 1.165) is 62.8 Å². The third-order valence-electron chi connectivity index (χ3n) is 6.76. The molecule has 1 aromatic heterocycles. The van der Waals surface area contributed by atoms with Crippen LogP contribution in [0.15, 0.2) is 69.9 Å². The highest BCUT2D eigenvalue weighted by Crippen LogP contribution is 2.24. The quantitative estimate of drug-likeness (QED) is 0.201. The van der Waals surface area contributed by atoms with Crippen molar-refractivity contribution in [3.63, 3.8) is 0 Å². The molecule has 1 aliphatic rings. The van der Waals surface area contributed by atoms with E-state index in [9.17, 15) is 4.79 Å². The Kier molecular flexibility index (Phi) is 10.7. The lowest BCUT2D eigenvalue weighted by Crippen LogP contribution is -2.46. The van der Waals surface area contributed by atoms with Crippen molar-refractivity contribution in [2.24, 2.45) is 0 Å². The average molecular weight is 562 g/mol. The first-order valence-electron chi connectivity index (χ1n) is 12.4. The lowest BCUT2D eigenvalue weighted by molar-refractivity contribution is 0.121. The van der Waals surface area contributed by atoms with Crippen molar-refractivity contribution in [3.05, 3.63) is 76.5 Å². The van der Waals surface area contributed by atoms with Gasteiger partial charge in [-0.15, -0.1) is 24.8 Å². The van der Waals surface area contributed by atoms with Crippen molar-refractivity contribution >= 4 is 46.8 Å². The van der Waals surface area contributed by atoms with Crippen LogP contribution < -0.4 is 19.6 Å². The SMILES string of the molecule is COc1ccc(OCCCN2CCN(Cc3ccc4oc5cc(OC)ccc5c(=O)c4c3)CC2)cc1.Cl.Cl. The molecular weight excluding hydrogens is 527 g/mol. The predicted molar refractivity (Wildman–Crippen MR) is 156 cm³/mol. The lowest BCUT2D eigenvalue weighted by Gasteiger charge is -2.34. The Morgan fingerprint density at radius 1 is 0.737 bits per heavy atom. The minimum atomic E-state index is -0.00238. The van der Waals surface area contributed by atoms with Gasteiger partial charge in [0.1, 0.15) is 28.4 Å². The first kappa shape index (κ1) is 29.6. The number of rotatable bonds is 9. The van der Waals surface area contributed by atoms with Crippen LogP contribution in [0.1, 0.15) is 12.0 Å². The van der Waals surface area contributed by atoms with Crippen molar-refractivity contribution < 1.29 is 18.6 Å². The molecule has 0 saturated carbocycles. The van der Waals surface area contributed by atoms with Crippen LogP contribution in [0.4, 0.5) is 0 Å². The van der Waals surface area contributed by atoms with Crippen LogP contribution in [0.25, 0.3) is 21.9 Å². The van der Waals surface area contributed by atoms with E-state index >= 15 is 0 Å². The monoisotopic (exact) mass is 560 g/mol. The third-order valence-corrected chi connectivity index (χ3v) is 6.76. The molecule has 3 aromatic carbocycles. The average Bonchev–Trinajstić information content (AvgIpc) is 2.92. The fourth-order valence-electron chi connectivity index (χ4n) is 4.69. The molecule has 38 heavy (non-hydrogen) atoms. The van der Waals surface area contributed by atoms with Crippen molar-refractivity contribution in [3.8, 4) is 17.2 Å². The van der Waals surface area contributed by atoms with Gasteiger partial charge in [0.2, 0.25) is 5.43 Å². The normalized spacial score (nSPS) is 14.1. The van der Waals surface area contributed by atoms with E-state index in [0.29, 0.717) is 34.3 Å². The molecule has 9 heteroatoms. The fourth-order valence-corrected chi connectivity index (χ4v) is 4.69. The van der Waals surface area contributed by atoms with E-state index in [-0.39, 0.29) is 30.2 Å². The highest BCUT2D eigenvalue weighted by atomic mass is 35.5. The van der Waals surface area contributed by atoms with Crippen LogP contribution in [0.3, 0.4) is 0 Å². The van der Waals surface area contributed by atoms with Crippen LogP contribution in [0.2, 0.25) is 0 Å². The van der Waals surface area contributed by atoms with Crippen molar-refractivity contribution in [1.29, 1.82) is 0 Å². The second-order valence-electron chi connectivity index (χ2n) is 9.12. The number of piperazine rings is 1. The molecule has 2 heterocycles. The summed E-state index contributed by atoms with van der Waals surface area (Å²) >= 11 is 0. The van der Waals surface area contributed by atoms with Crippen molar-refractivity contribution in [2.75, 3.05) is 53.6 Å². The molecule has 1 fully saturated rings. The zero-order valence-electron chi connectivity index (χ0n) is 21.7. The number of nitrogens with zero attached hydrogens (tertiary/aromatic N) is 2. The maximum absolute atomic E-state index is 13.1. The summed E-state index contributed by atoms with van der Waals surface area (Å²) in [6.07, 6.45) is 0.992. The number of halogens is 2. The fraction of sp³-hybridized carbons (Fsp3) is 0.345. The molecule has 0 bridgehead atoms. The number of fused-ring (bicyclic) bond motifs is 2. The van der Waals surface area contributed by atoms with Crippen LogP contribution in [-0.2, 0) is 6.54 Å². The molecule has 7 nitrogen and oxygen atoms in total. The summed E-state index contributed by atoms with van der Waals surface area (Å²) in [5.41, 5.74) is 2.28.